The normalized spacial score (nSPS) is 15.8. The molecule has 4 rings (SSSR count). The van der Waals surface area contributed by atoms with E-state index < -0.39 is 24.5 Å². The number of carbonyl (C=O) groups is 2. The van der Waals surface area contributed by atoms with Crippen LogP contribution in [-0.2, 0) is 9.53 Å². The van der Waals surface area contributed by atoms with Gasteiger partial charge in [0.15, 0.2) is 6.61 Å². The van der Waals surface area contributed by atoms with Crippen LogP contribution in [0.5, 0.6) is 0 Å². The number of nitrogens with zero attached hydrogens (tertiary/aromatic N) is 3. The van der Waals surface area contributed by atoms with Crippen LogP contribution in [0.25, 0.3) is 0 Å². The molecule has 3 aromatic rings. The molecule has 0 N–H and O–H groups in total. The summed E-state index contributed by atoms with van der Waals surface area (Å²) in [5.74, 6) is -0.473. The molecule has 0 fully saturated rings. The number of hydrogen-bond donors (Lipinski definition) is 0. The molecule has 0 aliphatic carbocycles. The molecule has 0 saturated heterocycles. The van der Waals surface area contributed by atoms with Crippen molar-refractivity contribution in [3.8, 4) is 0 Å². The third-order valence-electron chi connectivity index (χ3n) is 4.44. The lowest BCUT2D eigenvalue weighted by Gasteiger charge is -2.19. The van der Waals surface area contributed by atoms with E-state index in [4.69, 9.17) is 20.8 Å². The molecule has 0 saturated carbocycles. The molecule has 0 spiro atoms. The summed E-state index contributed by atoms with van der Waals surface area (Å²) in [6.45, 7) is -0.442. The number of carbonyl (C=O) groups excluding carboxylic acids is 2. The Bertz CT molecular complexity index is 1030. The summed E-state index contributed by atoms with van der Waals surface area (Å²) in [4.78, 5) is 28.7. The molecule has 1 amide bonds. The van der Waals surface area contributed by atoms with E-state index in [1.54, 1.807) is 48.9 Å². The number of hydrogen-bond acceptors (Lipinski definition) is 6. The van der Waals surface area contributed by atoms with Gasteiger partial charge in [0.2, 0.25) is 0 Å². The van der Waals surface area contributed by atoms with Crippen LogP contribution in [0.1, 0.15) is 34.1 Å². The van der Waals surface area contributed by atoms with Gasteiger partial charge in [-0.3, -0.25) is 9.78 Å². The van der Waals surface area contributed by atoms with Gasteiger partial charge in [0, 0.05) is 23.8 Å². The van der Waals surface area contributed by atoms with Crippen LogP contribution in [0.4, 0.5) is 0 Å². The van der Waals surface area contributed by atoms with Crippen LogP contribution in [-0.4, -0.2) is 34.2 Å². The fraction of sp³-hybridized carbons (Fsp3) is 0.143. The highest BCUT2D eigenvalue weighted by Crippen LogP contribution is 2.33. The molecular formula is C21H16ClN3O4. The van der Waals surface area contributed by atoms with Crippen molar-refractivity contribution in [3.05, 3.63) is 89.1 Å². The first-order chi connectivity index (χ1) is 14.1. The minimum absolute atomic E-state index is 0.273. The van der Waals surface area contributed by atoms with Crippen LogP contribution >= 0.6 is 11.6 Å². The van der Waals surface area contributed by atoms with Crippen molar-refractivity contribution < 1.29 is 18.7 Å². The summed E-state index contributed by atoms with van der Waals surface area (Å²) in [7, 11) is 0. The van der Waals surface area contributed by atoms with Gasteiger partial charge in [-0.15, -0.1) is 0 Å². The van der Waals surface area contributed by atoms with E-state index in [2.05, 4.69) is 10.1 Å². The summed E-state index contributed by atoms with van der Waals surface area (Å²) < 4.78 is 10.6. The summed E-state index contributed by atoms with van der Waals surface area (Å²) in [5.41, 5.74) is 1.85. The maximum Gasteiger partial charge on any atom is 0.340 e. The second-order valence-corrected chi connectivity index (χ2v) is 6.78. The van der Waals surface area contributed by atoms with Crippen molar-refractivity contribution in [1.82, 2.24) is 9.99 Å². The Kier molecular flexibility index (Phi) is 5.39. The third kappa shape index (κ3) is 4.20. The molecule has 29 heavy (non-hydrogen) atoms. The number of benzene rings is 1. The zero-order valence-electron chi connectivity index (χ0n) is 15.2. The Morgan fingerprint density at radius 1 is 1.17 bits per heavy atom. The molecule has 1 atom stereocenters. The average molecular weight is 410 g/mol. The molecule has 7 nitrogen and oxygen atoms in total. The van der Waals surface area contributed by atoms with E-state index in [1.165, 1.54) is 11.2 Å². The number of amides is 1. The lowest BCUT2D eigenvalue weighted by molar-refractivity contribution is -0.136. The van der Waals surface area contributed by atoms with Crippen molar-refractivity contribution in [2.24, 2.45) is 5.10 Å². The van der Waals surface area contributed by atoms with Crippen molar-refractivity contribution in [3.63, 3.8) is 0 Å². The molecule has 146 valence electrons. The van der Waals surface area contributed by atoms with Gasteiger partial charge in [0.25, 0.3) is 5.91 Å². The van der Waals surface area contributed by atoms with E-state index in [0.29, 0.717) is 17.2 Å². The Balaban J connectivity index is 1.52. The first-order valence-corrected chi connectivity index (χ1v) is 9.25. The predicted octanol–water partition coefficient (Wildman–Crippen LogP) is 3.86. The molecule has 1 aromatic carbocycles. The maximum absolute atomic E-state index is 12.8. The van der Waals surface area contributed by atoms with E-state index in [-0.39, 0.29) is 5.56 Å². The molecular weight excluding hydrogens is 394 g/mol. The van der Waals surface area contributed by atoms with Crippen molar-refractivity contribution in [1.29, 1.82) is 0 Å². The Labute approximate surface area is 171 Å². The highest BCUT2D eigenvalue weighted by Gasteiger charge is 2.35. The quantitative estimate of drug-likeness (QED) is 0.597. The molecule has 8 heteroatoms. The molecule has 1 aliphatic rings. The number of esters is 1. The van der Waals surface area contributed by atoms with Gasteiger partial charge < -0.3 is 9.15 Å². The first-order valence-electron chi connectivity index (χ1n) is 8.88. The van der Waals surface area contributed by atoms with Gasteiger partial charge in [-0.25, -0.2) is 9.80 Å². The molecule has 0 unspecified atom stereocenters. The van der Waals surface area contributed by atoms with E-state index in [9.17, 15) is 9.59 Å². The van der Waals surface area contributed by atoms with Crippen LogP contribution in [0.2, 0.25) is 5.02 Å². The standard InChI is InChI=1S/C21H16ClN3O4/c22-16-7-5-14(6-8-16)17-11-18(19-4-2-10-28-19)25(24-17)20(26)13-29-21(27)15-3-1-9-23-12-15/h1-10,12,18H,11,13H2/t18-/m0/s1. The van der Waals surface area contributed by atoms with E-state index in [1.807, 2.05) is 12.1 Å². The van der Waals surface area contributed by atoms with Gasteiger partial charge in [-0.2, -0.15) is 5.10 Å². The SMILES string of the molecule is O=C(OCC(=O)N1N=C(c2ccc(Cl)cc2)C[C@H]1c1ccco1)c1cccnc1. The fourth-order valence-electron chi connectivity index (χ4n) is 3.02. The number of rotatable bonds is 5. The fourth-order valence-corrected chi connectivity index (χ4v) is 3.15. The largest absolute Gasteiger partial charge is 0.467 e. The van der Waals surface area contributed by atoms with Crippen LogP contribution in [0.15, 0.2) is 76.7 Å². The van der Waals surface area contributed by atoms with Gasteiger partial charge in [-0.05, 0) is 42.0 Å². The van der Waals surface area contributed by atoms with Gasteiger partial charge in [-0.1, -0.05) is 23.7 Å². The number of hydrazone groups is 1. The van der Waals surface area contributed by atoms with E-state index >= 15 is 0 Å². The minimum Gasteiger partial charge on any atom is -0.467 e. The Morgan fingerprint density at radius 3 is 2.69 bits per heavy atom. The number of pyridine rings is 1. The summed E-state index contributed by atoms with van der Waals surface area (Å²) >= 11 is 5.96. The second kappa shape index (κ2) is 8.28. The molecule has 3 heterocycles. The second-order valence-electron chi connectivity index (χ2n) is 6.35. The number of ether oxygens (including phenoxy) is 1. The van der Waals surface area contributed by atoms with Crippen LogP contribution in [0.3, 0.4) is 0 Å². The van der Waals surface area contributed by atoms with Gasteiger partial charge in [0.05, 0.1) is 17.5 Å². The lowest BCUT2D eigenvalue weighted by Crippen LogP contribution is -2.31. The van der Waals surface area contributed by atoms with Crippen molar-refractivity contribution in [2.45, 2.75) is 12.5 Å². The van der Waals surface area contributed by atoms with Crippen molar-refractivity contribution in [2.75, 3.05) is 6.61 Å². The Morgan fingerprint density at radius 2 is 2.00 bits per heavy atom. The van der Waals surface area contributed by atoms with Gasteiger partial charge in [0.1, 0.15) is 11.8 Å². The molecule has 0 radical (unpaired) electrons. The zero-order valence-corrected chi connectivity index (χ0v) is 16.0. The summed E-state index contributed by atoms with van der Waals surface area (Å²) in [6.07, 6.45) is 4.94. The number of aromatic nitrogens is 1. The first kappa shape index (κ1) is 18.9. The molecule has 1 aliphatic heterocycles. The highest BCUT2D eigenvalue weighted by molar-refractivity contribution is 6.30. The maximum atomic E-state index is 12.8. The predicted molar refractivity (Wildman–Crippen MR) is 105 cm³/mol. The van der Waals surface area contributed by atoms with Crippen LogP contribution < -0.4 is 0 Å². The summed E-state index contributed by atoms with van der Waals surface area (Å²) in [6, 6.07) is 13.5. The highest BCUT2D eigenvalue weighted by atomic mass is 35.5. The number of halogens is 1. The lowest BCUT2D eigenvalue weighted by atomic mass is 10.0. The zero-order chi connectivity index (χ0) is 20.2. The third-order valence-corrected chi connectivity index (χ3v) is 4.69. The molecule has 2 aromatic heterocycles. The summed E-state index contributed by atoms with van der Waals surface area (Å²) in [5, 5.41) is 6.39. The minimum atomic E-state index is -0.623. The average Bonchev–Trinajstić information content (AvgIpc) is 3.43. The molecule has 0 bridgehead atoms. The topological polar surface area (TPSA) is 85.0 Å². The smallest absolute Gasteiger partial charge is 0.340 e. The van der Waals surface area contributed by atoms with E-state index in [0.717, 1.165) is 11.3 Å². The Hall–Kier alpha value is -3.45. The van der Waals surface area contributed by atoms with Gasteiger partial charge >= 0.3 is 5.97 Å². The number of furan rings is 1. The monoisotopic (exact) mass is 409 g/mol. The van der Waals surface area contributed by atoms with Crippen molar-refractivity contribution >= 4 is 29.2 Å². The van der Waals surface area contributed by atoms with Crippen LogP contribution in [0, 0.1) is 0 Å².